The van der Waals surface area contributed by atoms with Crippen LogP contribution in [0.3, 0.4) is 0 Å². The average Bonchev–Trinajstić information content (AvgIpc) is 3.47. The van der Waals surface area contributed by atoms with E-state index >= 15 is 0 Å². The second kappa shape index (κ2) is 8.31. The molecule has 0 aliphatic carbocycles. The predicted molar refractivity (Wildman–Crippen MR) is 118 cm³/mol. The molecule has 9 nitrogen and oxygen atoms in total. The van der Waals surface area contributed by atoms with Crippen molar-refractivity contribution in [2.24, 2.45) is 0 Å². The number of pyridine rings is 1. The smallest absolute Gasteiger partial charge is 0.254 e. The van der Waals surface area contributed by atoms with E-state index in [-0.39, 0.29) is 24.4 Å². The van der Waals surface area contributed by atoms with Crippen molar-refractivity contribution in [3.63, 3.8) is 0 Å². The Morgan fingerprint density at radius 3 is 2.77 bits per heavy atom. The van der Waals surface area contributed by atoms with Gasteiger partial charge in [0.25, 0.3) is 5.91 Å². The fourth-order valence-electron chi connectivity index (χ4n) is 3.22. The van der Waals surface area contributed by atoms with E-state index < -0.39 is 0 Å². The van der Waals surface area contributed by atoms with Gasteiger partial charge in [-0.15, -0.1) is 11.3 Å². The van der Waals surface area contributed by atoms with Crippen LogP contribution in [0.2, 0.25) is 0 Å². The summed E-state index contributed by atoms with van der Waals surface area (Å²) < 4.78 is 6.74. The number of fused-ring (bicyclic) bond motifs is 1. The first kappa shape index (κ1) is 20.7. The molecule has 4 aromatic heterocycles. The van der Waals surface area contributed by atoms with Crippen LogP contribution in [0, 0.1) is 6.92 Å². The number of aromatic nitrogens is 4. The number of likely N-dealkylation sites (N-methyl/N-ethyl adjacent to an activating group) is 1. The van der Waals surface area contributed by atoms with Crippen LogP contribution in [0.25, 0.3) is 21.6 Å². The first-order chi connectivity index (χ1) is 14.8. The number of anilines is 1. The highest BCUT2D eigenvalue weighted by Gasteiger charge is 2.22. The topological polar surface area (TPSA) is 106 Å². The van der Waals surface area contributed by atoms with Gasteiger partial charge in [0.2, 0.25) is 5.91 Å². The van der Waals surface area contributed by atoms with Crippen LogP contribution in [-0.2, 0) is 4.79 Å². The zero-order valence-corrected chi connectivity index (χ0v) is 18.4. The zero-order chi connectivity index (χ0) is 22.1. The van der Waals surface area contributed by atoms with E-state index in [1.165, 1.54) is 4.90 Å². The molecule has 0 aliphatic heterocycles. The molecular weight excluding hydrogens is 416 g/mol. The van der Waals surface area contributed by atoms with Crippen molar-refractivity contribution in [3.05, 3.63) is 47.2 Å². The minimum atomic E-state index is -0.370. The Hall–Kier alpha value is -3.53. The van der Waals surface area contributed by atoms with Gasteiger partial charge in [-0.25, -0.2) is 9.67 Å². The maximum atomic E-state index is 13.3. The van der Waals surface area contributed by atoms with E-state index in [0.717, 1.165) is 4.88 Å². The molecule has 0 atom stereocenters. The molecule has 0 spiro atoms. The lowest BCUT2D eigenvalue weighted by atomic mass is 10.1. The number of thiophene rings is 1. The van der Waals surface area contributed by atoms with Crippen molar-refractivity contribution < 1.29 is 14.1 Å². The standard InChI is InChI=1S/C21H22N6O3S/c1-12(2)27-20-15(10-22-27)14(9-16(23-20)17-6-5-7-31-17)21(29)26(4)11-19(28)24-18-8-13(3)30-25-18/h5-10,12H,11H2,1-4H3,(H,24,25,28). The van der Waals surface area contributed by atoms with E-state index in [1.54, 1.807) is 48.3 Å². The second-order valence-corrected chi connectivity index (χ2v) is 8.43. The third-order valence-electron chi connectivity index (χ3n) is 4.68. The largest absolute Gasteiger partial charge is 0.360 e. The summed E-state index contributed by atoms with van der Waals surface area (Å²) in [6.07, 6.45) is 1.65. The molecule has 0 aliphatic rings. The summed E-state index contributed by atoms with van der Waals surface area (Å²) in [5, 5.41) is 13.4. The lowest BCUT2D eigenvalue weighted by Gasteiger charge is -2.17. The first-order valence-electron chi connectivity index (χ1n) is 9.74. The molecule has 0 saturated carbocycles. The number of hydrogen-bond acceptors (Lipinski definition) is 7. The number of hydrogen-bond donors (Lipinski definition) is 1. The quantitative estimate of drug-likeness (QED) is 0.491. The lowest BCUT2D eigenvalue weighted by molar-refractivity contribution is -0.116. The molecule has 0 radical (unpaired) electrons. The van der Waals surface area contributed by atoms with Gasteiger partial charge in [0.05, 0.1) is 34.3 Å². The van der Waals surface area contributed by atoms with Crippen molar-refractivity contribution in [1.29, 1.82) is 0 Å². The summed E-state index contributed by atoms with van der Waals surface area (Å²) in [4.78, 5) is 32.7. The Kier molecular flexibility index (Phi) is 5.55. The molecule has 0 aromatic carbocycles. The van der Waals surface area contributed by atoms with E-state index in [2.05, 4.69) is 15.6 Å². The molecule has 0 fully saturated rings. The zero-order valence-electron chi connectivity index (χ0n) is 17.6. The Balaban J connectivity index is 1.65. The number of carbonyl (C=O) groups excluding carboxylic acids is 2. The van der Waals surface area contributed by atoms with Gasteiger partial charge in [0.15, 0.2) is 11.5 Å². The monoisotopic (exact) mass is 438 g/mol. The van der Waals surface area contributed by atoms with Crippen molar-refractivity contribution in [3.8, 4) is 10.6 Å². The Labute approximate surface area is 182 Å². The minimum absolute atomic E-state index is 0.0842. The summed E-state index contributed by atoms with van der Waals surface area (Å²) in [5.41, 5.74) is 1.79. The lowest BCUT2D eigenvalue weighted by Crippen LogP contribution is -2.35. The van der Waals surface area contributed by atoms with Gasteiger partial charge in [0.1, 0.15) is 5.76 Å². The van der Waals surface area contributed by atoms with Gasteiger partial charge in [-0.3, -0.25) is 9.59 Å². The molecule has 1 N–H and O–H groups in total. The highest BCUT2D eigenvalue weighted by molar-refractivity contribution is 7.13. The molecule has 0 unspecified atom stereocenters. The van der Waals surface area contributed by atoms with Crippen LogP contribution >= 0.6 is 11.3 Å². The summed E-state index contributed by atoms with van der Waals surface area (Å²) in [6, 6.07) is 7.36. The molecule has 4 rings (SSSR count). The van der Waals surface area contributed by atoms with E-state index in [1.807, 2.05) is 31.4 Å². The minimum Gasteiger partial charge on any atom is -0.360 e. The van der Waals surface area contributed by atoms with E-state index in [9.17, 15) is 9.59 Å². The van der Waals surface area contributed by atoms with Crippen LogP contribution in [0.4, 0.5) is 5.82 Å². The van der Waals surface area contributed by atoms with Gasteiger partial charge >= 0.3 is 0 Å². The van der Waals surface area contributed by atoms with E-state index in [0.29, 0.717) is 33.9 Å². The first-order valence-corrected chi connectivity index (χ1v) is 10.6. The normalized spacial score (nSPS) is 11.3. The molecule has 0 saturated heterocycles. The van der Waals surface area contributed by atoms with Gasteiger partial charge in [-0.2, -0.15) is 5.10 Å². The number of rotatable bonds is 6. The van der Waals surface area contributed by atoms with Crippen molar-refractivity contribution >= 4 is 40.0 Å². The van der Waals surface area contributed by atoms with Gasteiger partial charge in [-0.1, -0.05) is 11.2 Å². The molecule has 4 heterocycles. The van der Waals surface area contributed by atoms with Gasteiger partial charge in [0, 0.05) is 19.2 Å². The maximum Gasteiger partial charge on any atom is 0.254 e. The summed E-state index contributed by atoms with van der Waals surface area (Å²) >= 11 is 1.55. The molecule has 4 aromatic rings. The molecule has 10 heteroatoms. The van der Waals surface area contributed by atoms with Gasteiger partial charge < -0.3 is 14.7 Å². The predicted octanol–water partition coefficient (Wildman–Crippen LogP) is 3.75. The summed E-state index contributed by atoms with van der Waals surface area (Å²) in [5.74, 6) is 0.237. The summed E-state index contributed by atoms with van der Waals surface area (Å²) in [6.45, 7) is 5.61. The number of carbonyl (C=O) groups is 2. The number of nitrogens with zero attached hydrogens (tertiary/aromatic N) is 5. The average molecular weight is 439 g/mol. The fourth-order valence-corrected chi connectivity index (χ4v) is 3.91. The Morgan fingerprint density at radius 2 is 2.13 bits per heavy atom. The van der Waals surface area contributed by atoms with E-state index in [4.69, 9.17) is 9.51 Å². The number of amides is 2. The fraction of sp³-hybridized carbons (Fsp3) is 0.286. The highest BCUT2D eigenvalue weighted by Crippen LogP contribution is 2.29. The molecule has 2 amide bonds. The van der Waals surface area contributed by atoms with Crippen molar-refractivity contribution in [2.45, 2.75) is 26.8 Å². The molecule has 160 valence electrons. The Morgan fingerprint density at radius 1 is 1.32 bits per heavy atom. The molecule has 31 heavy (non-hydrogen) atoms. The maximum absolute atomic E-state index is 13.3. The number of nitrogens with one attached hydrogen (secondary N) is 1. The third kappa shape index (κ3) is 4.19. The van der Waals surface area contributed by atoms with Crippen molar-refractivity contribution in [1.82, 2.24) is 24.8 Å². The molecule has 0 bridgehead atoms. The molecular formula is C21H22N6O3S. The Bertz CT molecular complexity index is 1240. The van der Waals surface area contributed by atoms with Crippen LogP contribution in [0.5, 0.6) is 0 Å². The van der Waals surface area contributed by atoms with Crippen molar-refractivity contribution in [2.75, 3.05) is 18.9 Å². The van der Waals surface area contributed by atoms with Crippen LogP contribution in [0.15, 0.2) is 40.4 Å². The number of aryl methyl sites for hydroxylation is 1. The SMILES string of the molecule is Cc1cc(NC(=O)CN(C)C(=O)c2cc(-c3cccs3)nc3c2cnn3C(C)C)no1. The van der Waals surface area contributed by atoms with Crippen LogP contribution in [-0.4, -0.2) is 50.2 Å². The highest BCUT2D eigenvalue weighted by atomic mass is 32.1. The second-order valence-electron chi connectivity index (χ2n) is 7.48. The third-order valence-corrected chi connectivity index (χ3v) is 5.58. The van der Waals surface area contributed by atoms with Crippen LogP contribution < -0.4 is 5.32 Å². The van der Waals surface area contributed by atoms with Crippen LogP contribution in [0.1, 0.15) is 36.0 Å². The summed E-state index contributed by atoms with van der Waals surface area (Å²) in [7, 11) is 1.58. The van der Waals surface area contributed by atoms with Gasteiger partial charge in [-0.05, 0) is 38.3 Å².